The Morgan fingerprint density at radius 3 is 2.02 bits per heavy atom. The number of anilines is 1. The lowest BCUT2D eigenvalue weighted by atomic mass is 10.0. The topological polar surface area (TPSA) is 86.8 Å². The molecular formula is C36H40BrN3O4S. The number of hydrogen-bond acceptors (Lipinski definition) is 4. The predicted octanol–water partition coefficient (Wildman–Crippen LogP) is 6.82. The van der Waals surface area contributed by atoms with Crippen LogP contribution < -0.4 is 9.62 Å². The zero-order chi connectivity index (χ0) is 32.8. The van der Waals surface area contributed by atoms with Gasteiger partial charge in [-0.2, -0.15) is 0 Å². The number of amides is 2. The van der Waals surface area contributed by atoms with Gasteiger partial charge in [-0.25, -0.2) is 8.42 Å². The second-order valence-electron chi connectivity index (χ2n) is 12.3. The molecule has 0 aliphatic heterocycles. The van der Waals surface area contributed by atoms with E-state index in [4.69, 9.17) is 0 Å². The van der Waals surface area contributed by atoms with Crippen LogP contribution in [0.15, 0.2) is 112 Å². The van der Waals surface area contributed by atoms with Gasteiger partial charge in [0, 0.05) is 23.0 Å². The number of sulfonamides is 1. The van der Waals surface area contributed by atoms with Crippen molar-refractivity contribution in [3.8, 4) is 0 Å². The number of hydrogen-bond donors (Lipinski definition) is 1. The molecule has 4 rings (SSSR count). The predicted molar refractivity (Wildman–Crippen MR) is 183 cm³/mol. The van der Waals surface area contributed by atoms with Crippen LogP contribution in [0.4, 0.5) is 5.69 Å². The quantitative estimate of drug-likeness (QED) is 0.187. The number of halogens is 1. The molecule has 1 atom stereocenters. The average molecular weight is 691 g/mol. The molecule has 0 heterocycles. The summed E-state index contributed by atoms with van der Waals surface area (Å²) in [5, 5.41) is 3.05. The van der Waals surface area contributed by atoms with Crippen LogP contribution in [0.2, 0.25) is 0 Å². The Kier molecular flexibility index (Phi) is 10.9. The van der Waals surface area contributed by atoms with E-state index in [2.05, 4.69) is 21.2 Å². The van der Waals surface area contributed by atoms with Gasteiger partial charge in [-0.3, -0.25) is 13.9 Å². The second-order valence-corrected chi connectivity index (χ2v) is 15.0. The van der Waals surface area contributed by atoms with Crippen molar-refractivity contribution >= 4 is 43.5 Å². The Labute approximate surface area is 275 Å². The third kappa shape index (κ3) is 9.28. The van der Waals surface area contributed by atoms with E-state index in [1.54, 1.807) is 48.5 Å². The Morgan fingerprint density at radius 2 is 1.42 bits per heavy atom. The minimum absolute atomic E-state index is 0.0698. The SMILES string of the molecule is Cc1ccc(S(=O)(=O)N(CC(=O)N(Cc2cccc(C)c2)C(Cc2ccccc2)C(=O)NC(C)(C)C)c2ccc(Br)cc2)cc1. The second kappa shape index (κ2) is 14.4. The molecule has 0 aliphatic carbocycles. The minimum Gasteiger partial charge on any atom is -0.350 e. The van der Waals surface area contributed by atoms with Gasteiger partial charge in [0.2, 0.25) is 11.8 Å². The summed E-state index contributed by atoms with van der Waals surface area (Å²) in [5.74, 6) is -0.816. The molecule has 0 aromatic heterocycles. The third-order valence-corrected chi connectivity index (χ3v) is 9.52. The van der Waals surface area contributed by atoms with Crippen LogP contribution in [0.25, 0.3) is 0 Å². The lowest BCUT2D eigenvalue weighted by Crippen LogP contribution is -2.56. The highest BCUT2D eigenvalue weighted by Gasteiger charge is 2.35. The van der Waals surface area contributed by atoms with Crippen molar-refractivity contribution in [2.75, 3.05) is 10.8 Å². The van der Waals surface area contributed by atoms with Gasteiger partial charge in [0.1, 0.15) is 12.6 Å². The summed E-state index contributed by atoms with van der Waals surface area (Å²) >= 11 is 3.42. The van der Waals surface area contributed by atoms with E-state index >= 15 is 0 Å². The molecule has 4 aromatic carbocycles. The summed E-state index contributed by atoms with van der Waals surface area (Å²) in [6.07, 6.45) is 0.253. The largest absolute Gasteiger partial charge is 0.350 e. The fraction of sp³-hybridized carbons (Fsp3) is 0.278. The zero-order valence-electron chi connectivity index (χ0n) is 26.3. The first kappa shape index (κ1) is 33.9. The first-order chi connectivity index (χ1) is 21.2. The molecule has 2 amide bonds. The number of rotatable bonds is 11. The summed E-state index contributed by atoms with van der Waals surface area (Å²) < 4.78 is 30.2. The third-order valence-electron chi connectivity index (χ3n) is 7.21. The Hall–Kier alpha value is -3.95. The minimum atomic E-state index is -4.16. The molecule has 0 bridgehead atoms. The van der Waals surface area contributed by atoms with E-state index in [-0.39, 0.29) is 23.8 Å². The van der Waals surface area contributed by atoms with Crippen molar-refractivity contribution in [2.45, 2.75) is 64.1 Å². The summed E-state index contributed by atoms with van der Waals surface area (Å²) in [6, 6.07) is 29.7. The maximum atomic E-state index is 14.5. The lowest BCUT2D eigenvalue weighted by molar-refractivity contribution is -0.140. The van der Waals surface area contributed by atoms with Gasteiger partial charge in [-0.1, -0.05) is 93.8 Å². The van der Waals surface area contributed by atoms with Gasteiger partial charge in [-0.05, 0) is 82.1 Å². The van der Waals surface area contributed by atoms with Gasteiger partial charge >= 0.3 is 0 Å². The molecule has 4 aromatic rings. The van der Waals surface area contributed by atoms with Gasteiger partial charge in [0.15, 0.2) is 0 Å². The van der Waals surface area contributed by atoms with Gasteiger partial charge < -0.3 is 10.2 Å². The number of aryl methyl sites for hydroxylation is 2. The van der Waals surface area contributed by atoms with Crippen molar-refractivity contribution < 1.29 is 18.0 Å². The Morgan fingerprint density at radius 1 is 0.800 bits per heavy atom. The van der Waals surface area contributed by atoms with E-state index in [1.807, 2.05) is 89.2 Å². The molecule has 1 unspecified atom stereocenters. The van der Waals surface area contributed by atoms with Gasteiger partial charge in [0.25, 0.3) is 10.0 Å². The van der Waals surface area contributed by atoms with Crippen LogP contribution in [-0.4, -0.2) is 43.3 Å². The van der Waals surface area contributed by atoms with Crippen molar-refractivity contribution in [3.05, 3.63) is 130 Å². The van der Waals surface area contributed by atoms with E-state index in [9.17, 15) is 18.0 Å². The Balaban J connectivity index is 1.81. The van der Waals surface area contributed by atoms with E-state index in [0.29, 0.717) is 5.69 Å². The molecule has 0 spiro atoms. The smallest absolute Gasteiger partial charge is 0.264 e. The summed E-state index contributed by atoms with van der Waals surface area (Å²) in [7, 11) is -4.16. The fourth-order valence-corrected chi connectivity index (χ4v) is 6.67. The molecular weight excluding hydrogens is 650 g/mol. The number of carbonyl (C=O) groups excluding carboxylic acids is 2. The van der Waals surface area contributed by atoms with Crippen LogP contribution in [-0.2, 0) is 32.6 Å². The number of benzene rings is 4. The molecule has 45 heavy (non-hydrogen) atoms. The number of nitrogens with zero attached hydrogens (tertiary/aromatic N) is 2. The average Bonchev–Trinajstić information content (AvgIpc) is 2.98. The molecule has 236 valence electrons. The molecule has 0 radical (unpaired) electrons. The first-order valence-corrected chi connectivity index (χ1v) is 17.0. The van der Waals surface area contributed by atoms with E-state index in [0.717, 1.165) is 31.0 Å². The summed E-state index contributed by atoms with van der Waals surface area (Å²) in [6.45, 7) is 9.13. The molecule has 9 heteroatoms. The van der Waals surface area contributed by atoms with Crippen LogP contribution >= 0.6 is 15.9 Å². The fourth-order valence-electron chi connectivity index (χ4n) is 4.99. The highest BCUT2D eigenvalue weighted by molar-refractivity contribution is 9.10. The molecule has 1 N–H and O–H groups in total. The van der Waals surface area contributed by atoms with Gasteiger partial charge in [-0.15, -0.1) is 0 Å². The summed E-state index contributed by atoms with van der Waals surface area (Å²) in [4.78, 5) is 30.1. The van der Waals surface area contributed by atoms with Crippen LogP contribution in [0.3, 0.4) is 0 Å². The lowest BCUT2D eigenvalue weighted by Gasteiger charge is -2.35. The maximum Gasteiger partial charge on any atom is 0.264 e. The monoisotopic (exact) mass is 689 g/mol. The highest BCUT2D eigenvalue weighted by atomic mass is 79.9. The highest BCUT2D eigenvalue weighted by Crippen LogP contribution is 2.27. The molecule has 0 aliphatic rings. The molecule has 0 fully saturated rings. The molecule has 0 saturated heterocycles. The Bertz CT molecular complexity index is 1720. The van der Waals surface area contributed by atoms with Crippen molar-refractivity contribution in [1.82, 2.24) is 10.2 Å². The van der Waals surface area contributed by atoms with Crippen molar-refractivity contribution in [2.24, 2.45) is 0 Å². The normalized spacial score (nSPS) is 12.3. The van der Waals surface area contributed by atoms with Crippen LogP contribution in [0.5, 0.6) is 0 Å². The first-order valence-electron chi connectivity index (χ1n) is 14.8. The van der Waals surface area contributed by atoms with E-state index in [1.165, 1.54) is 4.90 Å². The van der Waals surface area contributed by atoms with Crippen molar-refractivity contribution in [3.63, 3.8) is 0 Å². The van der Waals surface area contributed by atoms with Crippen LogP contribution in [0, 0.1) is 13.8 Å². The standard InChI is InChI=1S/C36H40BrN3O4S/c1-26-14-20-32(21-15-26)45(43,44)40(31-18-16-30(37)17-19-31)25-34(41)39(24-29-13-9-10-27(2)22-29)33(35(42)38-36(3,4)5)23-28-11-7-6-8-12-28/h6-22,33H,23-25H2,1-5H3,(H,38,42). The molecule has 0 saturated carbocycles. The summed E-state index contributed by atoms with van der Waals surface area (Å²) in [5.41, 5.74) is 3.42. The van der Waals surface area contributed by atoms with Crippen molar-refractivity contribution in [1.29, 1.82) is 0 Å². The number of nitrogens with one attached hydrogen (secondary N) is 1. The maximum absolute atomic E-state index is 14.5. The van der Waals surface area contributed by atoms with Gasteiger partial charge in [0.05, 0.1) is 10.6 Å². The zero-order valence-corrected chi connectivity index (χ0v) is 28.7. The number of carbonyl (C=O) groups is 2. The van der Waals surface area contributed by atoms with E-state index < -0.39 is 34.1 Å². The van der Waals surface area contributed by atoms with Crippen LogP contribution in [0.1, 0.15) is 43.0 Å². The molecule has 7 nitrogen and oxygen atoms in total.